The number of nitrogens with one attached hydrogen (secondary N) is 1. The number of carbonyl (C=O) groups is 4. The molecule has 0 saturated carbocycles. The number of aryl methyl sites for hydroxylation is 1. The Hall–Kier alpha value is -4.04. The van der Waals surface area contributed by atoms with Crippen LogP contribution in [-0.2, 0) is 35.1 Å². The minimum absolute atomic E-state index is 0.0209. The van der Waals surface area contributed by atoms with Crippen molar-refractivity contribution in [3.8, 4) is 11.3 Å². The van der Waals surface area contributed by atoms with Crippen molar-refractivity contribution >= 4 is 37.2 Å². The van der Waals surface area contributed by atoms with E-state index in [-0.39, 0.29) is 17.5 Å². The highest BCUT2D eigenvalue weighted by atomic mass is 16.6. The lowest BCUT2D eigenvalue weighted by Crippen LogP contribution is -2.61. The zero-order chi connectivity index (χ0) is 39.1. The molecule has 3 heterocycles. The Labute approximate surface area is 315 Å². The number of ketones is 2. The molecule has 1 aromatic heterocycles. The number of carbonyl (C=O) groups excluding carboxylic acids is 4. The van der Waals surface area contributed by atoms with Gasteiger partial charge >= 0.3 is 12.1 Å². The van der Waals surface area contributed by atoms with Gasteiger partial charge in [-0.1, -0.05) is 44.2 Å². The number of allylic oxidation sites excluding steroid dienone is 1. The zero-order valence-electron chi connectivity index (χ0n) is 32.5. The molecule has 288 valence electrons. The van der Waals surface area contributed by atoms with Crippen LogP contribution >= 0.6 is 0 Å². The van der Waals surface area contributed by atoms with Gasteiger partial charge in [0.2, 0.25) is 0 Å². The number of anilines is 1. The maximum absolute atomic E-state index is 13.9. The molecule has 14 heteroatoms. The van der Waals surface area contributed by atoms with Crippen LogP contribution in [-0.4, -0.2) is 101 Å². The fraction of sp³-hybridized carbons (Fsp3) is 0.641. The van der Waals surface area contributed by atoms with Crippen LogP contribution < -0.4 is 11.1 Å². The summed E-state index contributed by atoms with van der Waals surface area (Å²) in [7, 11) is 8.28. The Kier molecular flexibility index (Phi) is 14.1. The maximum Gasteiger partial charge on any atom is 0.410 e. The monoisotopic (exact) mass is 732 g/mol. The average molecular weight is 733 g/mol. The molecule has 4 rings (SSSR count). The SMILES string of the molecule is [B][C@@H]1[C@@H](C)C(=O)[C@@H](C)C(=O)O[C@H](CC)[C@@]2(C)OC(=O)N(CCCCn3cc(-c4cccc(N)c4)nn3)[C@@H]2[C@@H](C/C=C/C(C)=O)NC[C@H](C)C[C@@]1(C)OC. The molecule has 3 N–H and O–H groups in total. The van der Waals surface area contributed by atoms with Crippen molar-refractivity contribution in [3.63, 3.8) is 0 Å². The summed E-state index contributed by atoms with van der Waals surface area (Å²) < 4.78 is 20.1. The normalized spacial score (nSPS) is 31.8. The standard InChI is InChI=1S/C39H57BN6O7/c1-9-32-39(7)35(46(37(50)53-39)19-11-10-18-45-23-31(43-44-45)28-15-13-16-29(41)20-28)30(17-12-14-25(3)47)42-22-24(2)21-38(6,51-8)34(40)26(4)33(48)27(5)36(49)52-32/h12-16,20,23-24,26-27,30,32,34-35,42H,9-11,17-19,21-22,41H2,1-8H3/b14-12+/t24-,26+,27-,30-,32-,34-,35-,38-,39-/m1/s1. The van der Waals surface area contributed by atoms with Gasteiger partial charge in [0.15, 0.2) is 11.4 Å². The first-order valence-corrected chi connectivity index (χ1v) is 18.8. The quantitative estimate of drug-likeness (QED) is 0.0802. The number of nitrogens with two attached hydrogens (primary N) is 1. The van der Waals surface area contributed by atoms with Crippen LogP contribution in [0.25, 0.3) is 11.3 Å². The topological polar surface area (TPSA) is 168 Å². The minimum atomic E-state index is -1.29. The van der Waals surface area contributed by atoms with Crippen molar-refractivity contribution in [1.29, 1.82) is 0 Å². The van der Waals surface area contributed by atoms with Gasteiger partial charge in [0, 0.05) is 43.4 Å². The smallest absolute Gasteiger partial charge is 0.410 e. The summed E-state index contributed by atoms with van der Waals surface area (Å²) in [6.45, 7) is 13.8. The Balaban J connectivity index is 1.65. The van der Waals surface area contributed by atoms with Gasteiger partial charge in [-0.15, -0.1) is 5.10 Å². The molecular formula is C39H57BN6O7. The van der Waals surface area contributed by atoms with Gasteiger partial charge in [0.25, 0.3) is 0 Å². The molecule has 2 aliphatic rings. The molecule has 2 saturated heterocycles. The second kappa shape index (κ2) is 17.9. The van der Waals surface area contributed by atoms with Crippen LogP contribution in [0.5, 0.6) is 0 Å². The Morgan fingerprint density at radius 3 is 2.55 bits per heavy atom. The molecule has 53 heavy (non-hydrogen) atoms. The van der Waals surface area contributed by atoms with Gasteiger partial charge in [-0.25, -0.2) is 4.79 Å². The van der Waals surface area contributed by atoms with Crippen LogP contribution in [0.3, 0.4) is 0 Å². The summed E-state index contributed by atoms with van der Waals surface area (Å²) in [5.74, 6) is -3.60. The van der Waals surface area contributed by atoms with Crippen LogP contribution in [0, 0.1) is 17.8 Å². The number of ether oxygens (including phenoxy) is 3. The molecule has 1 amide bonds. The van der Waals surface area contributed by atoms with Gasteiger partial charge < -0.3 is 25.3 Å². The van der Waals surface area contributed by atoms with Crippen molar-refractivity contribution in [3.05, 3.63) is 42.6 Å². The highest BCUT2D eigenvalue weighted by Crippen LogP contribution is 2.41. The highest BCUT2D eigenvalue weighted by Gasteiger charge is 2.59. The van der Waals surface area contributed by atoms with Crippen molar-refractivity contribution in [2.75, 3.05) is 25.9 Å². The van der Waals surface area contributed by atoms with Gasteiger partial charge in [-0.05, 0) is 96.3 Å². The average Bonchev–Trinajstić information content (AvgIpc) is 3.70. The first-order chi connectivity index (χ1) is 25.0. The van der Waals surface area contributed by atoms with E-state index in [0.717, 1.165) is 5.56 Å². The Morgan fingerprint density at radius 1 is 1.17 bits per heavy atom. The number of cyclic esters (lactones) is 1. The lowest BCUT2D eigenvalue weighted by atomic mass is 9.62. The predicted molar refractivity (Wildman–Crippen MR) is 203 cm³/mol. The van der Waals surface area contributed by atoms with E-state index < -0.39 is 59.1 Å². The number of Topliss-reactive ketones (excluding diaryl/α,β-unsaturated/α-hetero) is 1. The van der Waals surface area contributed by atoms with E-state index >= 15 is 0 Å². The number of fused-ring (bicyclic) bond motifs is 1. The van der Waals surface area contributed by atoms with E-state index in [1.165, 1.54) is 19.9 Å². The number of nitrogen functional groups attached to an aromatic ring is 1. The molecule has 0 spiro atoms. The molecule has 9 atom stereocenters. The summed E-state index contributed by atoms with van der Waals surface area (Å²) in [6, 6.07) is 6.45. The molecule has 0 unspecified atom stereocenters. The summed E-state index contributed by atoms with van der Waals surface area (Å²) in [5.41, 5.74) is 6.01. The first-order valence-electron chi connectivity index (χ1n) is 18.8. The fourth-order valence-corrected chi connectivity index (χ4v) is 7.87. The third kappa shape index (κ3) is 9.75. The zero-order valence-corrected chi connectivity index (χ0v) is 32.5. The van der Waals surface area contributed by atoms with Crippen LogP contribution in [0.15, 0.2) is 42.6 Å². The van der Waals surface area contributed by atoms with Crippen molar-refractivity contribution in [1.82, 2.24) is 25.2 Å². The minimum Gasteiger partial charge on any atom is -0.458 e. The summed E-state index contributed by atoms with van der Waals surface area (Å²) >= 11 is 0. The van der Waals surface area contributed by atoms with Crippen LogP contribution in [0.1, 0.15) is 80.6 Å². The Bertz CT molecular complexity index is 1630. The highest BCUT2D eigenvalue weighted by molar-refractivity contribution is 6.15. The molecule has 2 aromatic rings. The largest absolute Gasteiger partial charge is 0.458 e. The maximum atomic E-state index is 13.9. The van der Waals surface area contributed by atoms with Gasteiger partial charge in [-0.3, -0.25) is 24.0 Å². The van der Waals surface area contributed by atoms with E-state index in [1.807, 2.05) is 44.3 Å². The number of amides is 1. The molecule has 1 aromatic carbocycles. The number of benzene rings is 1. The lowest BCUT2D eigenvalue weighted by Gasteiger charge is -2.42. The van der Waals surface area contributed by atoms with Crippen molar-refractivity contribution < 1.29 is 33.4 Å². The molecular weight excluding hydrogens is 675 g/mol. The lowest BCUT2D eigenvalue weighted by molar-refractivity contribution is -0.170. The third-order valence-electron chi connectivity index (χ3n) is 11.0. The Morgan fingerprint density at radius 2 is 1.89 bits per heavy atom. The number of hydrogen-bond donors (Lipinski definition) is 2. The van der Waals surface area contributed by atoms with E-state index in [9.17, 15) is 19.2 Å². The summed E-state index contributed by atoms with van der Waals surface area (Å²) in [5, 5.41) is 12.3. The molecule has 2 aliphatic heterocycles. The number of esters is 1. The molecule has 2 fully saturated rings. The number of hydrogen-bond acceptors (Lipinski definition) is 11. The number of nitrogens with zero attached hydrogens (tertiary/aromatic N) is 4. The number of aromatic nitrogens is 3. The predicted octanol–water partition coefficient (Wildman–Crippen LogP) is 4.95. The van der Waals surface area contributed by atoms with Gasteiger partial charge in [0.05, 0.1) is 25.7 Å². The number of methoxy groups -OCH3 is 1. The van der Waals surface area contributed by atoms with Crippen molar-refractivity contribution in [2.45, 2.75) is 122 Å². The van der Waals surface area contributed by atoms with E-state index in [1.54, 1.807) is 36.6 Å². The summed E-state index contributed by atoms with van der Waals surface area (Å²) in [6.07, 6.45) is 6.32. The van der Waals surface area contributed by atoms with E-state index in [0.29, 0.717) is 63.1 Å². The molecule has 13 nitrogen and oxygen atoms in total. The number of rotatable bonds is 11. The third-order valence-corrected chi connectivity index (χ3v) is 11.0. The molecule has 0 aliphatic carbocycles. The van der Waals surface area contributed by atoms with Crippen LogP contribution in [0.2, 0.25) is 5.82 Å². The molecule has 2 radical (unpaired) electrons. The fourth-order valence-electron chi connectivity index (χ4n) is 7.87. The first kappa shape index (κ1) is 41.7. The van der Waals surface area contributed by atoms with Crippen LogP contribution in [0.4, 0.5) is 10.5 Å². The molecule has 0 bridgehead atoms. The number of unbranched alkanes of at least 4 members (excludes halogenated alkanes) is 1. The second-order valence-corrected chi connectivity index (χ2v) is 15.3. The summed E-state index contributed by atoms with van der Waals surface area (Å²) in [4.78, 5) is 54.9. The van der Waals surface area contributed by atoms with Gasteiger partial charge in [0.1, 0.15) is 23.5 Å². The van der Waals surface area contributed by atoms with E-state index in [4.69, 9.17) is 27.8 Å². The van der Waals surface area contributed by atoms with Crippen molar-refractivity contribution in [2.24, 2.45) is 17.8 Å². The van der Waals surface area contributed by atoms with Gasteiger partial charge in [-0.2, -0.15) is 0 Å². The second-order valence-electron chi connectivity index (χ2n) is 15.3. The van der Waals surface area contributed by atoms with E-state index in [2.05, 4.69) is 22.6 Å².